The summed E-state index contributed by atoms with van der Waals surface area (Å²) >= 11 is 0. The van der Waals surface area contributed by atoms with Crippen LogP contribution in [0.4, 0.5) is 11.6 Å². The van der Waals surface area contributed by atoms with Crippen LogP contribution in [0.5, 0.6) is 0 Å². The molecule has 0 radical (unpaired) electrons. The number of amides is 1. The fourth-order valence-corrected chi connectivity index (χ4v) is 3.48. The molecule has 2 heterocycles. The molecule has 1 saturated carbocycles. The number of nitrogens with one attached hydrogen (secondary N) is 3. The van der Waals surface area contributed by atoms with Gasteiger partial charge < -0.3 is 10.6 Å². The Morgan fingerprint density at radius 2 is 1.87 bits per heavy atom. The molecule has 2 aromatic carbocycles. The standard InChI is InChI=1S/C23H22N6O2/c1-14(15-9-11-17(12-10-15)26-21(30)16-7-8-16)25-23-27-20-19(22(31)28-23)13-24-29(20)18-5-3-2-4-6-18/h2-6,9-14,16H,7-8H2,1H3,(H,26,30)(H2,25,27,28,31). The number of para-hydroxylation sites is 1. The second-order valence-corrected chi connectivity index (χ2v) is 7.80. The van der Waals surface area contributed by atoms with Gasteiger partial charge in [0.15, 0.2) is 5.65 Å². The van der Waals surface area contributed by atoms with E-state index in [1.165, 1.54) is 6.20 Å². The maximum absolute atomic E-state index is 12.5. The summed E-state index contributed by atoms with van der Waals surface area (Å²) in [6.45, 7) is 1.98. The summed E-state index contributed by atoms with van der Waals surface area (Å²) in [5.74, 6) is 0.625. The molecule has 156 valence electrons. The van der Waals surface area contributed by atoms with E-state index in [1.807, 2.05) is 61.5 Å². The second kappa shape index (κ2) is 7.71. The number of aromatic amines is 1. The highest BCUT2D eigenvalue weighted by atomic mass is 16.2. The Morgan fingerprint density at radius 1 is 1.13 bits per heavy atom. The molecular weight excluding hydrogens is 392 g/mol. The smallest absolute Gasteiger partial charge is 0.263 e. The number of hydrogen-bond donors (Lipinski definition) is 3. The van der Waals surface area contributed by atoms with Crippen molar-refractivity contribution in [2.24, 2.45) is 5.92 Å². The van der Waals surface area contributed by atoms with Gasteiger partial charge in [0.05, 0.1) is 17.9 Å². The van der Waals surface area contributed by atoms with E-state index in [-0.39, 0.29) is 23.4 Å². The number of nitrogens with zero attached hydrogens (tertiary/aromatic N) is 3. The summed E-state index contributed by atoms with van der Waals surface area (Å²) in [5, 5.41) is 10.9. The lowest BCUT2D eigenvalue weighted by Gasteiger charge is -2.15. The van der Waals surface area contributed by atoms with E-state index in [0.29, 0.717) is 17.0 Å². The second-order valence-electron chi connectivity index (χ2n) is 7.80. The molecule has 1 atom stereocenters. The summed E-state index contributed by atoms with van der Waals surface area (Å²) in [6.07, 6.45) is 3.48. The zero-order chi connectivity index (χ0) is 21.4. The highest BCUT2D eigenvalue weighted by molar-refractivity contribution is 5.94. The van der Waals surface area contributed by atoms with Gasteiger partial charge in [0.25, 0.3) is 5.56 Å². The number of benzene rings is 2. The lowest BCUT2D eigenvalue weighted by Crippen LogP contribution is -2.16. The first-order valence-corrected chi connectivity index (χ1v) is 10.3. The molecule has 1 aliphatic rings. The summed E-state index contributed by atoms with van der Waals surface area (Å²) in [7, 11) is 0. The fraction of sp³-hybridized carbons (Fsp3) is 0.217. The van der Waals surface area contributed by atoms with E-state index in [2.05, 4.69) is 25.7 Å². The van der Waals surface area contributed by atoms with Crippen LogP contribution in [0.1, 0.15) is 31.4 Å². The van der Waals surface area contributed by atoms with Crippen LogP contribution in [0.2, 0.25) is 0 Å². The summed E-state index contributed by atoms with van der Waals surface area (Å²) < 4.78 is 1.65. The van der Waals surface area contributed by atoms with Gasteiger partial charge in [-0.3, -0.25) is 14.6 Å². The van der Waals surface area contributed by atoms with Crippen molar-refractivity contribution in [3.63, 3.8) is 0 Å². The Labute approximate surface area is 178 Å². The van der Waals surface area contributed by atoms with Gasteiger partial charge in [0.1, 0.15) is 5.39 Å². The number of anilines is 2. The number of fused-ring (bicyclic) bond motifs is 1. The normalized spacial score (nSPS) is 14.4. The predicted molar refractivity (Wildman–Crippen MR) is 119 cm³/mol. The van der Waals surface area contributed by atoms with Gasteiger partial charge >= 0.3 is 0 Å². The number of H-pyrrole nitrogens is 1. The van der Waals surface area contributed by atoms with Crippen LogP contribution < -0.4 is 16.2 Å². The van der Waals surface area contributed by atoms with Gasteiger partial charge in [-0.1, -0.05) is 30.3 Å². The Kier molecular flexibility index (Phi) is 4.74. The number of carbonyl (C=O) groups excluding carboxylic acids is 1. The topological polar surface area (TPSA) is 105 Å². The highest BCUT2D eigenvalue weighted by Crippen LogP contribution is 2.30. The van der Waals surface area contributed by atoms with Crippen molar-refractivity contribution in [3.8, 4) is 5.69 Å². The number of rotatable bonds is 6. The molecule has 0 saturated heterocycles. The Balaban J connectivity index is 1.37. The largest absolute Gasteiger partial charge is 0.349 e. The molecule has 1 unspecified atom stereocenters. The molecule has 8 nitrogen and oxygen atoms in total. The van der Waals surface area contributed by atoms with E-state index >= 15 is 0 Å². The van der Waals surface area contributed by atoms with Gasteiger partial charge in [0.2, 0.25) is 11.9 Å². The third kappa shape index (κ3) is 3.92. The monoisotopic (exact) mass is 414 g/mol. The van der Waals surface area contributed by atoms with E-state index < -0.39 is 0 Å². The molecule has 0 aliphatic heterocycles. The van der Waals surface area contributed by atoms with Crippen LogP contribution in [0.3, 0.4) is 0 Å². The molecule has 1 aliphatic carbocycles. The zero-order valence-electron chi connectivity index (χ0n) is 17.0. The molecule has 31 heavy (non-hydrogen) atoms. The van der Waals surface area contributed by atoms with Gasteiger partial charge in [-0.15, -0.1) is 0 Å². The highest BCUT2D eigenvalue weighted by Gasteiger charge is 2.29. The maximum atomic E-state index is 12.5. The maximum Gasteiger partial charge on any atom is 0.263 e. The molecule has 4 aromatic rings. The van der Waals surface area contributed by atoms with Crippen molar-refractivity contribution >= 4 is 28.6 Å². The predicted octanol–water partition coefficient (Wildman–Crippen LogP) is 3.63. The third-order valence-electron chi connectivity index (χ3n) is 5.42. The average Bonchev–Trinajstić information content (AvgIpc) is 3.54. The van der Waals surface area contributed by atoms with Crippen molar-refractivity contribution in [1.29, 1.82) is 0 Å². The van der Waals surface area contributed by atoms with Crippen molar-refractivity contribution in [2.45, 2.75) is 25.8 Å². The van der Waals surface area contributed by atoms with Crippen molar-refractivity contribution < 1.29 is 4.79 Å². The Bertz CT molecular complexity index is 1290. The van der Waals surface area contributed by atoms with Gasteiger partial charge in [0, 0.05) is 11.6 Å². The third-order valence-corrected chi connectivity index (χ3v) is 5.42. The summed E-state index contributed by atoms with van der Waals surface area (Å²) in [5.41, 5.74) is 2.86. The summed E-state index contributed by atoms with van der Waals surface area (Å²) in [4.78, 5) is 31.8. The minimum atomic E-state index is -0.250. The lowest BCUT2D eigenvalue weighted by atomic mass is 10.1. The van der Waals surface area contributed by atoms with E-state index in [9.17, 15) is 9.59 Å². The molecule has 0 bridgehead atoms. The van der Waals surface area contributed by atoms with Gasteiger partial charge in [-0.25, -0.2) is 4.68 Å². The van der Waals surface area contributed by atoms with Crippen LogP contribution in [-0.4, -0.2) is 25.7 Å². The number of aromatic nitrogens is 4. The first-order valence-electron chi connectivity index (χ1n) is 10.3. The molecule has 2 aromatic heterocycles. The van der Waals surface area contributed by atoms with Crippen molar-refractivity contribution in [3.05, 3.63) is 76.7 Å². The SMILES string of the molecule is CC(Nc1nc2c(cnn2-c2ccccc2)c(=O)[nH]1)c1ccc(NC(=O)C2CC2)cc1. The molecule has 8 heteroatoms. The number of hydrogen-bond acceptors (Lipinski definition) is 5. The van der Waals surface area contributed by atoms with Crippen LogP contribution in [0, 0.1) is 5.92 Å². The van der Waals surface area contributed by atoms with Gasteiger partial charge in [-0.2, -0.15) is 10.1 Å². The molecule has 1 fully saturated rings. The van der Waals surface area contributed by atoms with E-state index in [4.69, 9.17) is 0 Å². The quantitative estimate of drug-likeness (QED) is 0.447. The molecule has 0 spiro atoms. The minimum absolute atomic E-state index is 0.0871. The van der Waals surface area contributed by atoms with Gasteiger partial charge in [-0.05, 0) is 49.6 Å². The lowest BCUT2D eigenvalue weighted by molar-refractivity contribution is -0.117. The van der Waals surface area contributed by atoms with E-state index in [0.717, 1.165) is 29.8 Å². The Hall–Kier alpha value is -3.94. The van der Waals surface area contributed by atoms with Crippen molar-refractivity contribution in [1.82, 2.24) is 19.7 Å². The van der Waals surface area contributed by atoms with E-state index in [1.54, 1.807) is 4.68 Å². The molecular formula is C23H22N6O2. The first-order chi connectivity index (χ1) is 15.1. The Morgan fingerprint density at radius 3 is 2.58 bits per heavy atom. The zero-order valence-corrected chi connectivity index (χ0v) is 17.0. The van der Waals surface area contributed by atoms with Crippen molar-refractivity contribution in [2.75, 3.05) is 10.6 Å². The fourth-order valence-electron chi connectivity index (χ4n) is 3.48. The molecule has 1 amide bonds. The minimum Gasteiger partial charge on any atom is -0.349 e. The first kappa shape index (κ1) is 19.0. The van der Waals surface area contributed by atoms with Crippen LogP contribution >= 0.6 is 0 Å². The molecule has 5 rings (SSSR count). The van der Waals surface area contributed by atoms with Crippen LogP contribution in [0.15, 0.2) is 65.6 Å². The molecule has 3 N–H and O–H groups in total. The average molecular weight is 414 g/mol. The van der Waals surface area contributed by atoms with Crippen LogP contribution in [-0.2, 0) is 4.79 Å². The number of carbonyl (C=O) groups is 1. The van der Waals surface area contributed by atoms with Crippen LogP contribution in [0.25, 0.3) is 16.7 Å². The summed E-state index contributed by atoms with van der Waals surface area (Å²) in [6, 6.07) is 17.1.